The SMILES string of the molecule is CN(C)P(=O)(Oc1[c-]cccc1)N(C)C.[Li+]. The summed E-state index contributed by atoms with van der Waals surface area (Å²) in [6.45, 7) is 0. The van der Waals surface area contributed by atoms with E-state index in [1.165, 1.54) is 0 Å². The van der Waals surface area contributed by atoms with Gasteiger partial charge in [-0.1, -0.05) is 0 Å². The molecule has 1 aromatic rings. The molecule has 84 valence electrons. The van der Waals surface area contributed by atoms with E-state index < -0.39 is 7.67 Å². The van der Waals surface area contributed by atoms with Crippen LogP contribution in [0, 0.1) is 6.07 Å². The minimum atomic E-state index is -2.95. The number of hydrogen-bond donors (Lipinski definition) is 0. The van der Waals surface area contributed by atoms with Crippen molar-refractivity contribution in [1.82, 2.24) is 9.34 Å². The molecule has 0 aliphatic heterocycles. The van der Waals surface area contributed by atoms with Crippen molar-refractivity contribution in [2.24, 2.45) is 0 Å². The second kappa shape index (κ2) is 6.49. The molecule has 0 amide bonds. The zero-order valence-electron chi connectivity index (χ0n) is 10.5. The molecule has 0 spiro atoms. The molecule has 1 rings (SSSR count). The van der Waals surface area contributed by atoms with Crippen molar-refractivity contribution in [2.45, 2.75) is 0 Å². The van der Waals surface area contributed by atoms with Crippen LogP contribution in [-0.2, 0) is 4.57 Å². The van der Waals surface area contributed by atoms with Crippen LogP contribution in [0.25, 0.3) is 0 Å². The van der Waals surface area contributed by atoms with Crippen molar-refractivity contribution in [3.63, 3.8) is 0 Å². The third-order valence-electron chi connectivity index (χ3n) is 1.91. The fraction of sp³-hybridized carbons (Fsp3) is 0.400. The first kappa shape index (κ1) is 15.8. The summed E-state index contributed by atoms with van der Waals surface area (Å²) < 4.78 is 21.0. The van der Waals surface area contributed by atoms with E-state index in [0.717, 1.165) is 0 Å². The Balaban J connectivity index is 0.00000225. The normalized spacial score (nSPS) is 11.4. The van der Waals surface area contributed by atoms with Gasteiger partial charge in [0.1, 0.15) is 0 Å². The van der Waals surface area contributed by atoms with E-state index in [2.05, 4.69) is 6.07 Å². The maximum atomic E-state index is 12.4. The molecule has 0 atom stereocenters. The molecule has 0 saturated heterocycles. The zero-order chi connectivity index (χ0) is 11.5. The molecule has 16 heavy (non-hydrogen) atoms. The van der Waals surface area contributed by atoms with Gasteiger partial charge < -0.3 is 4.52 Å². The summed E-state index contributed by atoms with van der Waals surface area (Å²) in [5.74, 6) is 0.489. The quantitative estimate of drug-likeness (QED) is 0.384. The second-order valence-electron chi connectivity index (χ2n) is 3.50. The molecule has 1 aromatic carbocycles. The van der Waals surface area contributed by atoms with E-state index in [1.54, 1.807) is 49.7 Å². The minimum absolute atomic E-state index is 0. The van der Waals surface area contributed by atoms with Gasteiger partial charge in [-0.25, -0.2) is 13.9 Å². The largest absolute Gasteiger partial charge is 1.00 e. The molecule has 0 aliphatic carbocycles. The number of hydrogen-bond acceptors (Lipinski definition) is 2. The summed E-state index contributed by atoms with van der Waals surface area (Å²) in [6.07, 6.45) is 0. The van der Waals surface area contributed by atoms with Gasteiger partial charge in [0.2, 0.25) is 0 Å². The van der Waals surface area contributed by atoms with Crippen molar-refractivity contribution in [3.8, 4) is 5.75 Å². The van der Waals surface area contributed by atoms with Crippen LogP contribution in [0.2, 0.25) is 0 Å². The fourth-order valence-electron chi connectivity index (χ4n) is 1.08. The molecule has 0 bridgehead atoms. The van der Waals surface area contributed by atoms with E-state index in [9.17, 15) is 4.57 Å². The maximum absolute atomic E-state index is 12.4. The first-order valence-electron chi connectivity index (χ1n) is 4.59. The van der Waals surface area contributed by atoms with Gasteiger partial charge in [-0.15, -0.1) is 12.1 Å². The van der Waals surface area contributed by atoms with E-state index in [1.807, 2.05) is 12.1 Å². The molecule has 0 aliphatic rings. The Bertz CT molecular complexity index is 345. The van der Waals surface area contributed by atoms with Gasteiger partial charge in [-0.05, 0) is 28.2 Å². The molecule has 0 N–H and O–H groups in total. The first-order chi connectivity index (χ1) is 6.97. The van der Waals surface area contributed by atoms with Crippen molar-refractivity contribution in [2.75, 3.05) is 28.2 Å². The summed E-state index contributed by atoms with van der Waals surface area (Å²) in [5.41, 5.74) is 0. The van der Waals surface area contributed by atoms with Gasteiger partial charge in [-0.2, -0.15) is 18.2 Å². The van der Waals surface area contributed by atoms with Gasteiger partial charge in [0.15, 0.2) is 0 Å². The predicted molar refractivity (Wildman–Crippen MR) is 60.9 cm³/mol. The third kappa shape index (κ3) is 3.66. The van der Waals surface area contributed by atoms with E-state index in [-0.39, 0.29) is 18.9 Å². The molecular weight excluding hydrogens is 218 g/mol. The molecular formula is C10H16LiN2O2P. The molecule has 0 saturated carbocycles. The first-order valence-corrected chi connectivity index (χ1v) is 6.12. The Morgan fingerprint density at radius 3 is 2.12 bits per heavy atom. The number of benzene rings is 1. The van der Waals surface area contributed by atoms with E-state index in [0.29, 0.717) is 5.75 Å². The molecule has 0 fully saturated rings. The van der Waals surface area contributed by atoms with Crippen LogP contribution in [-0.4, -0.2) is 37.5 Å². The average Bonchev–Trinajstić information content (AvgIpc) is 2.18. The van der Waals surface area contributed by atoms with Crippen LogP contribution < -0.4 is 23.4 Å². The Morgan fingerprint density at radius 1 is 1.19 bits per heavy atom. The second-order valence-corrected chi connectivity index (χ2v) is 6.27. The van der Waals surface area contributed by atoms with Gasteiger partial charge in [-0.3, -0.25) is 0 Å². The van der Waals surface area contributed by atoms with Crippen molar-refractivity contribution in [1.29, 1.82) is 0 Å². The Hall–Kier alpha value is -0.233. The molecule has 0 heterocycles. The smallest absolute Gasteiger partial charge is 0.449 e. The zero-order valence-corrected chi connectivity index (χ0v) is 11.4. The van der Waals surface area contributed by atoms with Gasteiger partial charge in [0, 0.05) is 5.75 Å². The van der Waals surface area contributed by atoms with E-state index >= 15 is 0 Å². The van der Waals surface area contributed by atoms with Crippen molar-refractivity contribution in [3.05, 3.63) is 30.3 Å². The molecule has 6 heteroatoms. The topological polar surface area (TPSA) is 32.8 Å². The fourth-order valence-corrected chi connectivity index (χ4v) is 2.49. The predicted octanol–water partition coefficient (Wildman–Crippen LogP) is -0.899. The molecule has 4 nitrogen and oxygen atoms in total. The van der Waals surface area contributed by atoms with Crippen LogP contribution in [0.3, 0.4) is 0 Å². The number of nitrogens with zero attached hydrogens (tertiary/aromatic N) is 2. The summed E-state index contributed by atoms with van der Waals surface area (Å²) in [6, 6.07) is 10.0. The Labute approximate surface area is 109 Å². The molecule has 0 aromatic heterocycles. The van der Waals surface area contributed by atoms with Crippen LogP contribution in [0.1, 0.15) is 0 Å². The van der Waals surface area contributed by atoms with Crippen molar-refractivity contribution < 1.29 is 27.9 Å². The minimum Gasteiger partial charge on any atom is -0.449 e. The van der Waals surface area contributed by atoms with E-state index in [4.69, 9.17) is 4.52 Å². The molecule has 0 unspecified atom stereocenters. The third-order valence-corrected chi connectivity index (χ3v) is 4.37. The van der Waals surface area contributed by atoms with Crippen LogP contribution in [0.4, 0.5) is 0 Å². The van der Waals surface area contributed by atoms with Gasteiger partial charge in [0.25, 0.3) is 0 Å². The Morgan fingerprint density at radius 2 is 1.75 bits per heavy atom. The number of para-hydroxylation sites is 1. The monoisotopic (exact) mass is 234 g/mol. The summed E-state index contributed by atoms with van der Waals surface area (Å²) in [5, 5.41) is 0. The van der Waals surface area contributed by atoms with Crippen molar-refractivity contribution >= 4 is 7.67 Å². The summed E-state index contributed by atoms with van der Waals surface area (Å²) in [4.78, 5) is 0. The molecule has 0 radical (unpaired) electrons. The van der Waals surface area contributed by atoms with Gasteiger partial charge >= 0.3 is 26.5 Å². The Kier molecular flexibility index (Phi) is 6.40. The van der Waals surface area contributed by atoms with Crippen LogP contribution in [0.5, 0.6) is 5.75 Å². The maximum Gasteiger partial charge on any atom is 1.00 e. The standard InChI is InChI=1S/C10H16N2O2P.Li/c1-11(2)15(13,12(3)4)14-10-8-6-5-7-9-10;/h5-8H,1-4H3;/q-1;+1. The van der Waals surface area contributed by atoms with Crippen LogP contribution >= 0.6 is 7.67 Å². The summed E-state index contributed by atoms with van der Waals surface area (Å²) >= 11 is 0. The summed E-state index contributed by atoms with van der Waals surface area (Å²) in [7, 11) is 3.95. The van der Waals surface area contributed by atoms with Gasteiger partial charge in [0.05, 0.1) is 0 Å². The number of rotatable bonds is 4. The van der Waals surface area contributed by atoms with Crippen LogP contribution in [0.15, 0.2) is 24.3 Å². The average molecular weight is 234 g/mol.